The van der Waals surface area contributed by atoms with Gasteiger partial charge in [-0.25, -0.2) is 19.7 Å². The molecule has 0 spiro atoms. The number of carbonyl (C=O) groups is 2. The number of anilines is 4. The third kappa shape index (κ3) is 6.71. The number of aliphatic carboxylic acids is 1. The summed E-state index contributed by atoms with van der Waals surface area (Å²) in [5.74, 6) is -0.262. The standard InChI is InChI=1S/C24H26ClN7O.C2HF3O2/c1-2-19-24(33)32(15-17-6-8-18(25)9-7-17)21-22(29-19)27-16-28-23(21)31-13-11-30(12-14-31)20-5-3-4-10-26-20;3-2(4,5)1(6)7/h3-10,16,19H,2,11-15H2,1H3,(H,27,28,29);(H,6,7). The minimum Gasteiger partial charge on any atom is -0.475 e. The molecule has 14 heteroatoms. The summed E-state index contributed by atoms with van der Waals surface area (Å²) < 4.78 is 31.7. The summed E-state index contributed by atoms with van der Waals surface area (Å²) in [7, 11) is 0. The Labute approximate surface area is 233 Å². The molecule has 5 rings (SSSR count). The van der Waals surface area contributed by atoms with E-state index in [-0.39, 0.29) is 11.9 Å². The van der Waals surface area contributed by atoms with E-state index < -0.39 is 12.1 Å². The quantitative estimate of drug-likeness (QED) is 0.460. The number of alkyl halides is 3. The zero-order valence-corrected chi connectivity index (χ0v) is 22.2. The van der Waals surface area contributed by atoms with E-state index in [9.17, 15) is 18.0 Å². The van der Waals surface area contributed by atoms with Crippen LogP contribution < -0.4 is 20.0 Å². The molecule has 1 unspecified atom stereocenters. The third-order valence-corrected chi connectivity index (χ3v) is 6.66. The van der Waals surface area contributed by atoms with Crippen LogP contribution in [-0.4, -0.2) is 70.3 Å². The fourth-order valence-electron chi connectivity index (χ4n) is 4.37. The lowest BCUT2D eigenvalue weighted by atomic mass is 10.1. The van der Waals surface area contributed by atoms with E-state index in [2.05, 4.69) is 30.1 Å². The van der Waals surface area contributed by atoms with Crippen LogP contribution in [0, 0.1) is 0 Å². The van der Waals surface area contributed by atoms with Gasteiger partial charge in [0, 0.05) is 37.4 Å². The Bertz CT molecular complexity index is 1320. The van der Waals surface area contributed by atoms with Gasteiger partial charge in [-0.3, -0.25) is 9.69 Å². The van der Waals surface area contributed by atoms with Gasteiger partial charge in [-0.1, -0.05) is 36.7 Å². The lowest BCUT2D eigenvalue weighted by Gasteiger charge is -2.40. The van der Waals surface area contributed by atoms with Crippen LogP contribution in [0.5, 0.6) is 0 Å². The molecule has 2 aromatic heterocycles. The Balaban J connectivity index is 0.000000470. The molecule has 0 saturated carbocycles. The first-order valence-electron chi connectivity index (χ1n) is 12.5. The largest absolute Gasteiger partial charge is 0.490 e. The Kier molecular flexibility index (Phi) is 8.93. The van der Waals surface area contributed by atoms with Crippen molar-refractivity contribution in [3.63, 3.8) is 0 Å². The second kappa shape index (κ2) is 12.4. The highest BCUT2D eigenvalue weighted by Crippen LogP contribution is 2.39. The van der Waals surface area contributed by atoms with E-state index in [1.165, 1.54) is 0 Å². The van der Waals surface area contributed by atoms with Crippen LogP contribution in [-0.2, 0) is 16.1 Å². The number of rotatable bonds is 5. The van der Waals surface area contributed by atoms with E-state index in [4.69, 9.17) is 21.5 Å². The maximum Gasteiger partial charge on any atom is 0.490 e. The first-order chi connectivity index (χ1) is 19.1. The highest BCUT2D eigenvalue weighted by atomic mass is 35.5. The molecule has 2 N–H and O–H groups in total. The molecule has 3 aromatic rings. The molecule has 0 bridgehead atoms. The van der Waals surface area contributed by atoms with Crippen LogP contribution in [0.1, 0.15) is 18.9 Å². The number of fused-ring (bicyclic) bond motifs is 1. The highest BCUT2D eigenvalue weighted by molar-refractivity contribution is 6.30. The average molecular weight is 578 g/mol. The van der Waals surface area contributed by atoms with Gasteiger partial charge in [0.1, 0.15) is 23.9 Å². The minimum absolute atomic E-state index is 0.0307. The number of benzene rings is 1. The molecule has 1 aromatic carbocycles. The molecule has 2 aliphatic heterocycles. The number of carboxylic acids is 1. The zero-order chi connectivity index (χ0) is 28.9. The molecule has 40 heavy (non-hydrogen) atoms. The predicted octanol–water partition coefficient (Wildman–Crippen LogP) is 4.22. The van der Waals surface area contributed by atoms with E-state index in [0.29, 0.717) is 23.8 Å². The van der Waals surface area contributed by atoms with Crippen molar-refractivity contribution in [3.8, 4) is 0 Å². The number of pyridine rings is 1. The van der Waals surface area contributed by atoms with Crippen LogP contribution >= 0.6 is 11.6 Å². The number of aromatic nitrogens is 3. The SMILES string of the molecule is CCC1Nc2ncnc(N3CCN(c4ccccn4)CC3)c2N(Cc2ccc(Cl)cc2)C1=O.O=C(O)C(F)(F)F. The normalized spacial score (nSPS) is 17.0. The number of amides is 1. The van der Waals surface area contributed by atoms with Crippen LogP contribution in [0.25, 0.3) is 0 Å². The molecule has 212 valence electrons. The van der Waals surface area contributed by atoms with Crippen molar-refractivity contribution in [3.05, 3.63) is 65.6 Å². The van der Waals surface area contributed by atoms with Crippen LogP contribution in [0.3, 0.4) is 0 Å². The zero-order valence-electron chi connectivity index (χ0n) is 21.5. The van der Waals surface area contributed by atoms with Crippen molar-refractivity contribution in [1.82, 2.24) is 15.0 Å². The van der Waals surface area contributed by atoms with Crippen LogP contribution in [0.2, 0.25) is 5.02 Å². The van der Waals surface area contributed by atoms with Gasteiger partial charge in [0.25, 0.3) is 0 Å². The van der Waals surface area contributed by atoms with Crippen molar-refractivity contribution in [2.75, 3.05) is 46.2 Å². The molecule has 1 atom stereocenters. The number of hydrogen-bond acceptors (Lipinski definition) is 8. The smallest absolute Gasteiger partial charge is 0.475 e. The second-order valence-corrected chi connectivity index (χ2v) is 9.45. The summed E-state index contributed by atoms with van der Waals surface area (Å²) in [6, 6.07) is 13.3. The second-order valence-electron chi connectivity index (χ2n) is 9.02. The summed E-state index contributed by atoms with van der Waals surface area (Å²) in [4.78, 5) is 42.2. The number of carbonyl (C=O) groups excluding carboxylic acids is 1. The van der Waals surface area contributed by atoms with Gasteiger partial charge in [0.15, 0.2) is 11.6 Å². The van der Waals surface area contributed by atoms with E-state index >= 15 is 0 Å². The Morgan fingerprint density at radius 2 is 1.70 bits per heavy atom. The number of nitrogens with one attached hydrogen (secondary N) is 1. The van der Waals surface area contributed by atoms with Crippen molar-refractivity contribution in [2.45, 2.75) is 32.1 Å². The summed E-state index contributed by atoms with van der Waals surface area (Å²) in [6.07, 6.45) is -1.01. The van der Waals surface area contributed by atoms with E-state index in [1.807, 2.05) is 60.5 Å². The van der Waals surface area contributed by atoms with Gasteiger partial charge in [-0.05, 0) is 36.2 Å². The summed E-state index contributed by atoms with van der Waals surface area (Å²) in [5, 5.41) is 11.1. The van der Waals surface area contributed by atoms with Gasteiger partial charge in [0.2, 0.25) is 5.91 Å². The lowest BCUT2D eigenvalue weighted by Crippen LogP contribution is -2.50. The summed E-state index contributed by atoms with van der Waals surface area (Å²) >= 11 is 6.07. The first-order valence-corrected chi connectivity index (χ1v) is 12.8. The van der Waals surface area contributed by atoms with Crippen molar-refractivity contribution in [2.24, 2.45) is 0 Å². The van der Waals surface area contributed by atoms with Gasteiger partial charge >= 0.3 is 12.1 Å². The third-order valence-electron chi connectivity index (χ3n) is 6.41. The lowest BCUT2D eigenvalue weighted by molar-refractivity contribution is -0.192. The maximum atomic E-state index is 13.4. The molecular formula is C26H27ClF3N7O3. The van der Waals surface area contributed by atoms with E-state index in [0.717, 1.165) is 49.1 Å². The van der Waals surface area contributed by atoms with Crippen molar-refractivity contribution >= 4 is 46.6 Å². The Morgan fingerprint density at radius 3 is 2.27 bits per heavy atom. The summed E-state index contributed by atoms with van der Waals surface area (Å²) in [6.45, 7) is 5.65. The Morgan fingerprint density at radius 1 is 1.05 bits per heavy atom. The molecule has 10 nitrogen and oxygen atoms in total. The number of halogens is 4. The Hall–Kier alpha value is -4.13. The van der Waals surface area contributed by atoms with Crippen molar-refractivity contribution < 1.29 is 27.9 Å². The minimum atomic E-state index is -5.08. The van der Waals surface area contributed by atoms with Crippen molar-refractivity contribution in [1.29, 1.82) is 0 Å². The number of nitrogens with zero attached hydrogens (tertiary/aromatic N) is 6. The highest BCUT2D eigenvalue weighted by Gasteiger charge is 2.38. The molecule has 0 radical (unpaired) electrons. The van der Waals surface area contributed by atoms with Gasteiger partial charge in [-0.2, -0.15) is 13.2 Å². The van der Waals surface area contributed by atoms with Gasteiger partial charge in [0.05, 0.1) is 6.54 Å². The number of carboxylic acid groups (broad SMARTS) is 1. The predicted molar refractivity (Wildman–Crippen MR) is 145 cm³/mol. The van der Waals surface area contributed by atoms with Crippen LogP contribution in [0.15, 0.2) is 55.0 Å². The molecule has 2 aliphatic rings. The average Bonchev–Trinajstić information content (AvgIpc) is 2.95. The monoisotopic (exact) mass is 577 g/mol. The van der Waals surface area contributed by atoms with Crippen LogP contribution in [0.4, 0.5) is 36.3 Å². The summed E-state index contributed by atoms with van der Waals surface area (Å²) in [5.41, 5.74) is 1.75. The van der Waals surface area contributed by atoms with Gasteiger partial charge < -0.3 is 20.2 Å². The maximum absolute atomic E-state index is 13.4. The number of hydrogen-bond donors (Lipinski definition) is 2. The topological polar surface area (TPSA) is 115 Å². The molecule has 1 fully saturated rings. The van der Waals surface area contributed by atoms with E-state index in [1.54, 1.807) is 6.33 Å². The molecular weight excluding hydrogens is 551 g/mol. The van der Waals surface area contributed by atoms with Gasteiger partial charge in [-0.15, -0.1) is 0 Å². The number of piperazine rings is 1. The first kappa shape index (κ1) is 28.9. The molecule has 1 saturated heterocycles. The fourth-order valence-corrected chi connectivity index (χ4v) is 4.50. The fraction of sp³-hybridized carbons (Fsp3) is 0.346. The molecule has 4 heterocycles. The molecule has 1 amide bonds. The molecule has 0 aliphatic carbocycles.